The number of hydrogen-bond acceptors (Lipinski definition) is 2. The fourth-order valence-corrected chi connectivity index (χ4v) is 3.35. The number of hydrogen-bond donors (Lipinski definition) is 0. The van der Waals surface area contributed by atoms with Crippen molar-refractivity contribution < 1.29 is 0 Å². The fourth-order valence-electron chi connectivity index (χ4n) is 2.71. The molecule has 0 fully saturated rings. The highest BCUT2D eigenvalue weighted by Gasteiger charge is 2.24. The minimum absolute atomic E-state index is 0.237. The first kappa shape index (κ1) is 14.6. The zero-order valence-corrected chi connectivity index (χ0v) is 13.4. The van der Waals surface area contributed by atoms with Crippen molar-refractivity contribution in [1.82, 2.24) is 3.93 Å². The van der Waals surface area contributed by atoms with Crippen LogP contribution in [0.15, 0.2) is 29.3 Å². The molecule has 2 rings (SSSR count). The minimum Gasteiger partial charge on any atom is -0.291 e. The molecular formula is C16H23BrN2. The summed E-state index contributed by atoms with van der Waals surface area (Å²) in [5.41, 5.74) is 0. The van der Waals surface area contributed by atoms with Crippen LogP contribution in [0.1, 0.15) is 46.0 Å². The molecule has 104 valence electrons. The van der Waals surface area contributed by atoms with Crippen molar-refractivity contribution in [2.24, 2.45) is 10.9 Å². The van der Waals surface area contributed by atoms with Gasteiger partial charge in [0.05, 0.1) is 21.5 Å². The Hall–Kier alpha value is -0.830. The molecule has 2 unspecified atom stereocenters. The molecule has 0 amide bonds. The molecule has 0 aromatic heterocycles. The summed E-state index contributed by atoms with van der Waals surface area (Å²) < 4.78 is 2.12. The van der Waals surface area contributed by atoms with Gasteiger partial charge < -0.3 is 0 Å². The Morgan fingerprint density at radius 2 is 2.00 bits per heavy atom. The lowest BCUT2D eigenvalue weighted by Crippen LogP contribution is -2.41. The van der Waals surface area contributed by atoms with Crippen LogP contribution in [0.2, 0.25) is 0 Å². The second kappa shape index (κ2) is 7.09. The van der Waals surface area contributed by atoms with E-state index in [1.54, 1.807) is 0 Å². The number of nitrogens with zero attached hydrogens (tertiary/aromatic N) is 2. The molecule has 2 nitrogen and oxygen atoms in total. The molecule has 1 aliphatic heterocycles. The van der Waals surface area contributed by atoms with E-state index in [0.29, 0.717) is 5.92 Å². The Balaban J connectivity index is 2.25. The van der Waals surface area contributed by atoms with Crippen LogP contribution < -0.4 is 10.6 Å². The van der Waals surface area contributed by atoms with E-state index in [9.17, 15) is 0 Å². The summed E-state index contributed by atoms with van der Waals surface area (Å²) in [6.07, 6.45) is 8.68. The third-order valence-electron chi connectivity index (χ3n) is 3.73. The van der Waals surface area contributed by atoms with Crippen LogP contribution >= 0.6 is 16.1 Å². The molecule has 0 radical (unpaired) electrons. The Labute approximate surface area is 124 Å². The Bertz CT molecular complexity index is 512. The van der Waals surface area contributed by atoms with Crippen molar-refractivity contribution in [3.05, 3.63) is 34.8 Å². The summed E-state index contributed by atoms with van der Waals surface area (Å²) in [7, 11) is 0. The largest absolute Gasteiger partial charge is 0.291 e. The van der Waals surface area contributed by atoms with Gasteiger partial charge in [0, 0.05) is 17.3 Å². The lowest BCUT2D eigenvalue weighted by molar-refractivity contribution is 0.281. The first-order chi connectivity index (χ1) is 9.26. The Kier molecular flexibility index (Phi) is 5.44. The lowest BCUT2D eigenvalue weighted by atomic mass is 9.93. The number of unbranched alkanes of at least 4 members (excludes halogenated alkanes) is 1. The molecule has 0 N–H and O–H groups in total. The maximum atomic E-state index is 4.95. The predicted octanol–water partition coefficient (Wildman–Crippen LogP) is 3.60. The molecule has 3 heteroatoms. The highest BCUT2D eigenvalue weighted by atomic mass is 79.9. The van der Waals surface area contributed by atoms with Gasteiger partial charge in [0.15, 0.2) is 0 Å². The van der Waals surface area contributed by atoms with Crippen LogP contribution in [0.3, 0.4) is 0 Å². The van der Waals surface area contributed by atoms with E-state index in [1.165, 1.54) is 37.3 Å². The first-order valence-corrected chi connectivity index (χ1v) is 8.06. The van der Waals surface area contributed by atoms with E-state index in [0.717, 1.165) is 5.36 Å². The van der Waals surface area contributed by atoms with Gasteiger partial charge in [-0.1, -0.05) is 51.3 Å². The third kappa shape index (κ3) is 3.59. The van der Waals surface area contributed by atoms with Gasteiger partial charge in [-0.25, -0.2) is 0 Å². The Morgan fingerprint density at radius 1 is 1.21 bits per heavy atom. The van der Waals surface area contributed by atoms with E-state index in [-0.39, 0.29) is 6.17 Å². The topological polar surface area (TPSA) is 15.6 Å². The molecule has 0 spiro atoms. The minimum atomic E-state index is 0.237. The van der Waals surface area contributed by atoms with Crippen molar-refractivity contribution in [2.75, 3.05) is 0 Å². The second-order valence-corrected chi connectivity index (χ2v) is 6.08. The van der Waals surface area contributed by atoms with Crippen LogP contribution in [-0.4, -0.2) is 10.1 Å². The zero-order valence-electron chi connectivity index (χ0n) is 11.8. The van der Waals surface area contributed by atoms with Gasteiger partial charge in [-0.3, -0.25) is 8.92 Å². The number of benzene rings is 1. The molecule has 2 atom stereocenters. The molecule has 1 aromatic carbocycles. The molecule has 0 bridgehead atoms. The summed E-state index contributed by atoms with van der Waals surface area (Å²) in [6.45, 7) is 4.52. The quantitative estimate of drug-likeness (QED) is 0.730. The van der Waals surface area contributed by atoms with E-state index in [1.807, 2.05) is 0 Å². The molecule has 0 saturated heterocycles. The van der Waals surface area contributed by atoms with Crippen LogP contribution in [0.25, 0.3) is 6.20 Å². The number of fused-ring (bicyclic) bond motifs is 1. The summed E-state index contributed by atoms with van der Waals surface area (Å²) in [6, 6.07) is 8.36. The lowest BCUT2D eigenvalue weighted by Gasteiger charge is -2.31. The molecule has 19 heavy (non-hydrogen) atoms. The number of rotatable bonds is 6. The van der Waals surface area contributed by atoms with Crippen molar-refractivity contribution in [3.63, 3.8) is 0 Å². The smallest absolute Gasteiger partial charge is 0.134 e. The van der Waals surface area contributed by atoms with E-state index >= 15 is 0 Å². The summed E-state index contributed by atoms with van der Waals surface area (Å²) in [5, 5.41) is 2.32. The maximum Gasteiger partial charge on any atom is 0.134 e. The molecule has 0 saturated carbocycles. The highest BCUT2D eigenvalue weighted by Crippen LogP contribution is 2.26. The van der Waals surface area contributed by atoms with Gasteiger partial charge in [0.25, 0.3) is 0 Å². The fraction of sp³-hybridized carbons (Fsp3) is 0.562. The number of para-hydroxylation sites is 1. The zero-order chi connectivity index (χ0) is 13.7. The standard InChI is InChI=1S/C16H23BrN2/c1-3-5-9-13(8-4-2)16-18-15-11-7-6-10-14(15)12-19(16)17/h6-7,10-13,16H,3-5,8-9H2,1-2H3. The summed E-state index contributed by atoms with van der Waals surface area (Å²) >= 11 is 3.67. The van der Waals surface area contributed by atoms with Crippen LogP contribution in [0, 0.1) is 5.92 Å². The van der Waals surface area contributed by atoms with E-state index in [4.69, 9.17) is 4.99 Å². The van der Waals surface area contributed by atoms with Crippen LogP contribution in [0.5, 0.6) is 0 Å². The van der Waals surface area contributed by atoms with E-state index < -0.39 is 0 Å². The van der Waals surface area contributed by atoms with Crippen LogP contribution in [0.4, 0.5) is 0 Å². The molecule has 1 aliphatic rings. The molecular weight excluding hydrogens is 300 g/mol. The second-order valence-electron chi connectivity index (χ2n) is 5.27. The Morgan fingerprint density at radius 3 is 2.74 bits per heavy atom. The first-order valence-electron chi connectivity index (χ1n) is 7.35. The molecule has 1 heterocycles. The van der Waals surface area contributed by atoms with Crippen molar-refractivity contribution in [3.8, 4) is 0 Å². The van der Waals surface area contributed by atoms with Crippen molar-refractivity contribution in [2.45, 2.75) is 52.1 Å². The van der Waals surface area contributed by atoms with Gasteiger partial charge in [-0.2, -0.15) is 0 Å². The van der Waals surface area contributed by atoms with Gasteiger partial charge in [-0.15, -0.1) is 0 Å². The maximum absolute atomic E-state index is 4.95. The van der Waals surface area contributed by atoms with Crippen LogP contribution in [-0.2, 0) is 0 Å². The summed E-state index contributed by atoms with van der Waals surface area (Å²) in [4.78, 5) is 4.95. The molecule has 0 aliphatic carbocycles. The predicted molar refractivity (Wildman–Crippen MR) is 84.2 cm³/mol. The number of halogens is 1. The van der Waals surface area contributed by atoms with Gasteiger partial charge in [0.2, 0.25) is 0 Å². The van der Waals surface area contributed by atoms with Gasteiger partial charge in [-0.05, 0) is 18.9 Å². The SMILES string of the molecule is CCCCC(CCC)C1N=c2ccccc2=CN1Br. The summed E-state index contributed by atoms with van der Waals surface area (Å²) in [5.74, 6) is 0.633. The average molecular weight is 323 g/mol. The monoisotopic (exact) mass is 322 g/mol. The third-order valence-corrected chi connectivity index (χ3v) is 4.36. The van der Waals surface area contributed by atoms with Gasteiger partial charge >= 0.3 is 0 Å². The van der Waals surface area contributed by atoms with Gasteiger partial charge in [0.1, 0.15) is 6.17 Å². The normalized spacial score (nSPS) is 19.3. The molecule has 1 aromatic rings. The average Bonchev–Trinajstić information content (AvgIpc) is 2.43. The van der Waals surface area contributed by atoms with Crippen molar-refractivity contribution in [1.29, 1.82) is 0 Å². The van der Waals surface area contributed by atoms with Crippen molar-refractivity contribution >= 4 is 22.3 Å². The highest BCUT2D eigenvalue weighted by molar-refractivity contribution is 9.07. The van der Waals surface area contributed by atoms with E-state index in [2.05, 4.69) is 64.4 Å².